The summed E-state index contributed by atoms with van der Waals surface area (Å²) in [6.45, 7) is 14.5. The molecule has 112 valence electrons. The lowest BCUT2D eigenvalue weighted by atomic mass is 10.0. The van der Waals surface area contributed by atoms with Crippen LogP contribution in [0.4, 0.5) is 0 Å². The smallest absolute Gasteiger partial charge is 0.0426 e. The van der Waals surface area contributed by atoms with Gasteiger partial charge in [0.15, 0.2) is 0 Å². The Morgan fingerprint density at radius 1 is 1.10 bits per heavy atom. The predicted octanol–water partition coefficient (Wildman–Crippen LogP) is 2.41. The summed E-state index contributed by atoms with van der Waals surface area (Å²) in [6, 6.07) is 8.59. The van der Waals surface area contributed by atoms with Crippen molar-refractivity contribution in [2.24, 2.45) is 5.73 Å². The van der Waals surface area contributed by atoms with Gasteiger partial charge in [0, 0.05) is 44.3 Å². The molecule has 1 atom stereocenters. The number of piperazine rings is 1. The number of benzene rings is 1. The molecule has 0 amide bonds. The fraction of sp³-hybridized carbons (Fsp3) is 0.647. The first kappa shape index (κ1) is 15.5. The van der Waals surface area contributed by atoms with Gasteiger partial charge in [-0.15, -0.1) is 0 Å². The zero-order chi connectivity index (χ0) is 14.8. The third-order valence-electron chi connectivity index (χ3n) is 4.36. The van der Waals surface area contributed by atoms with Crippen molar-refractivity contribution in [2.75, 3.05) is 32.7 Å². The molecule has 1 unspecified atom stereocenters. The number of rotatable bonds is 3. The minimum absolute atomic E-state index is 0.123. The van der Waals surface area contributed by atoms with Crippen molar-refractivity contribution in [3.63, 3.8) is 0 Å². The Hall–Kier alpha value is -0.900. The van der Waals surface area contributed by atoms with Gasteiger partial charge in [-0.1, -0.05) is 24.3 Å². The zero-order valence-corrected chi connectivity index (χ0v) is 13.4. The van der Waals surface area contributed by atoms with Crippen LogP contribution in [0.25, 0.3) is 0 Å². The summed E-state index contributed by atoms with van der Waals surface area (Å²) < 4.78 is 0. The van der Waals surface area contributed by atoms with Crippen LogP contribution in [0.2, 0.25) is 0 Å². The standard InChI is InChI=1S/C17H29N3/c1-14-7-5-6-8-15(14)16(18)13-19-9-11-20(12-10-19)17(2,3)4/h5-8,16H,9-13,18H2,1-4H3. The summed E-state index contributed by atoms with van der Waals surface area (Å²) in [7, 11) is 0. The molecule has 1 aromatic carbocycles. The lowest BCUT2D eigenvalue weighted by Gasteiger charge is -2.42. The second-order valence-corrected chi connectivity index (χ2v) is 6.92. The van der Waals surface area contributed by atoms with Crippen LogP contribution in [0, 0.1) is 6.92 Å². The van der Waals surface area contributed by atoms with Gasteiger partial charge in [0.25, 0.3) is 0 Å². The zero-order valence-electron chi connectivity index (χ0n) is 13.4. The van der Waals surface area contributed by atoms with Crippen LogP contribution in [0.1, 0.15) is 37.9 Å². The first-order valence-electron chi connectivity index (χ1n) is 7.66. The fourth-order valence-corrected chi connectivity index (χ4v) is 2.98. The van der Waals surface area contributed by atoms with E-state index < -0.39 is 0 Å². The molecule has 0 aliphatic carbocycles. The Labute approximate surface area is 123 Å². The molecule has 20 heavy (non-hydrogen) atoms. The SMILES string of the molecule is Cc1ccccc1C(N)CN1CCN(C(C)(C)C)CC1. The van der Waals surface area contributed by atoms with E-state index in [-0.39, 0.29) is 11.6 Å². The molecule has 1 aromatic rings. The molecule has 0 radical (unpaired) electrons. The molecule has 2 N–H and O–H groups in total. The molecule has 0 saturated carbocycles. The molecule has 0 aromatic heterocycles. The quantitative estimate of drug-likeness (QED) is 0.919. The van der Waals surface area contributed by atoms with Gasteiger partial charge in [-0.05, 0) is 38.8 Å². The fourth-order valence-electron chi connectivity index (χ4n) is 2.98. The van der Waals surface area contributed by atoms with Crippen molar-refractivity contribution in [3.8, 4) is 0 Å². The predicted molar refractivity (Wildman–Crippen MR) is 85.9 cm³/mol. The second kappa shape index (κ2) is 6.25. The van der Waals surface area contributed by atoms with E-state index in [1.54, 1.807) is 0 Å². The summed E-state index contributed by atoms with van der Waals surface area (Å²) >= 11 is 0. The first-order valence-corrected chi connectivity index (χ1v) is 7.66. The summed E-state index contributed by atoms with van der Waals surface area (Å²) in [4.78, 5) is 5.06. The highest BCUT2D eigenvalue weighted by Crippen LogP contribution is 2.19. The summed E-state index contributed by atoms with van der Waals surface area (Å²) in [5, 5.41) is 0. The summed E-state index contributed by atoms with van der Waals surface area (Å²) in [6.07, 6.45) is 0. The number of aryl methyl sites for hydroxylation is 1. The van der Waals surface area contributed by atoms with E-state index in [2.05, 4.69) is 61.8 Å². The van der Waals surface area contributed by atoms with Crippen molar-refractivity contribution in [2.45, 2.75) is 39.3 Å². The molecule has 3 nitrogen and oxygen atoms in total. The van der Waals surface area contributed by atoms with Gasteiger partial charge in [-0.3, -0.25) is 9.80 Å². The van der Waals surface area contributed by atoms with E-state index in [1.807, 2.05) is 0 Å². The topological polar surface area (TPSA) is 32.5 Å². The second-order valence-electron chi connectivity index (χ2n) is 6.92. The van der Waals surface area contributed by atoms with Crippen LogP contribution < -0.4 is 5.73 Å². The normalized spacial score (nSPS) is 20.1. The van der Waals surface area contributed by atoms with E-state index in [0.717, 1.165) is 32.7 Å². The highest BCUT2D eigenvalue weighted by Gasteiger charge is 2.26. The highest BCUT2D eigenvalue weighted by molar-refractivity contribution is 5.28. The van der Waals surface area contributed by atoms with E-state index in [9.17, 15) is 0 Å². The molecule has 0 spiro atoms. The van der Waals surface area contributed by atoms with Crippen LogP contribution >= 0.6 is 0 Å². The van der Waals surface area contributed by atoms with Crippen LogP contribution in [0.15, 0.2) is 24.3 Å². The lowest BCUT2D eigenvalue weighted by Crippen LogP contribution is -2.54. The van der Waals surface area contributed by atoms with E-state index in [4.69, 9.17) is 5.73 Å². The van der Waals surface area contributed by atoms with Crippen molar-refractivity contribution in [3.05, 3.63) is 35.4 Å². The third kappa shape index (κ3) is 3.81. The maximum atomic E-state index is 6.39. The lowest BCUT2D eigenvalue weighted by molar-refractivity contribution is 0.0598. The van der Waals surface area contributed by atoms with E-state index >= 15 is 0 Å². The van der Waals surface area contributed by atoms with Gasteiger partial charge in [-0.25, -0.2) is 0 Å². The van der Waals surface area contributed by atoms with Crippen molar-refractivity contribution in [1.82, 2.24) is 9.80 Å². The largest absolute Gasteiger partial charge is 0.323 e. The molecular formula is C17H29N3. The van der Waals surface area contributed by atoms with Crippen LogP contribution in [0.5, 0.6) is 0 Å². The summed E-state index contributed by atoms with van der Waals surface area (Å²) in [5.41, 5.74) is 9.26. The van der Waals surface area contributed by atoms with Gasteiger partial charge in [0.05, 0.1) is 0 Å². The molecule has 1 fully saturated rings. The van der Waals surface area contributed by atoms with Crippen LogP contribution in [0.3, 0.4) is 0 Å². The van der Waals surface area contributed by atoms with E-state index in [1.165, 1.54) is 11.1 Å². The average Bonchev–Trinajstić information content (AvgIpc) is 2.38. The average molecular weight is 275 g/mol. The van der Waals surface area contributed by atoms with Crippen molar-refractivity contribution in [1.29, 1.82) is 0 Å². The van der Waals surface area contributed by atoms with Gasteiger partial charge < -0.3 is 5.73 Å². The number of hydrogen-bond donors (Lipinski definition) is 1. The number of hydrogen-bond acceptors (Lipinski definition) is 3. The first-order chi connectivity index (χ1) is 9.38. The Balaban J connectivity index is 1.88. The monoisotopic (exact) mass is 275 g/mol. The highest BCUT2D eigenvalue weighted by atomic mass is 15.3. The van der Waals surface area contributed by atoms with Crippen LogP contribution in [-0.2, 0) is 0 Å². The Morgan fingerprint density at radius 2 is 1.70 bits per heavy atom. The Morgan fingerprint density at radius 3 is 2.25 bits per heavy atom. The molecule has 1 aliphatic rings. The van der Waals surface area contributed by atoms with Crippen molar-refractivity contribution >= 4 is 0 Å². The molecule has 1 saturated heterocycles. The molecule has 2 rings (SSSR count). The molecular weight excluding hydrogens is 246 g/mol. The third-order valence-corrected chi connectivity index (χ3v) is 4.36. The van der Waals surface area contributed by atoms with Crippen LogP contribution in [-0.4, -0.2) is 48.1 Å². The Bertz CT molecular complexity index is 428. The minimum Gasteiger partial charge on any atom is -0.323 e. The molecule has 1 aliphatic heterocycles. The van der Waals surface area contributed by atoms with Gasteiger partial charge in [-0.2, -0.15) is 0 Å². The van der Waals surface area contributed by atoms with Gasteiger partial charge >= 0.3 is 0 Å². The maximum Gasteiger partial charge on any atom is 0.0426 e. The number of nitrogens with zero attached hydrogens (tertiary/aromatic N) is 2. The molecule has 3 heteroatoms. The van der Waals surface area contributed by atoms with Crippen molar-refractivity contribution < 1.29 is 0 Å². The molecule has 1 heterocycles. The maximum absolute atomic E-state index is 6.39. The molecule has 0 bridgehead atoms. The summed E-state index contributed by atoms with van der Waals surface area (Å²) in [5.74, 6) is 0. The van der Waals surface area contributed by atoms with Gasteiger partial charge in [0.2, 0.25) is 0 Å². The number of nitrogens with two attached hydrogens (primary N) is 1. The van der Waals surface area contributed by atoms with Gasteiger partial charge in [0.1, 0.15) is 0 Å². The van der Waals surface area contributed by atoms with E-state index in [0.29, 0.717) is 0 Å². The minimum atomic E-state index is 0.123. The Kier molecular flexibility index (Phi) is 4.84.